The first-order valence-corrected chi connectivity index (χ1v) is 9.51. The number of benzene rings is 2. The van der Waals surface area contributed by atoms with Gasteiger partial charge in [-0.3, -0.25) is 9.69 Å². The van der Waals surface area contributed by atoms with Crippen molar-refractivity contribution >= 4 is 21.4 Å². The van der Waals surface area contributed by atoms with Crippen molar-refractivity contribution in [3.8, 4) is 11.5 Å². The van der Waals surface area contributed by atoms with Gasteiger partial charge in [0.2, 0.25) is 0 Å². The molecule has 0 saturated heterocycles. The Morgan fingerprint density at radius 2 is 1.59 bits per heavy atom. The number of amides is 1. The number of rotatable bonds is 4. The van der Waals surface area contributed by atoms with Crippen molar-refractivity contribution in [2.24, 2.45) is 0 Å². The molecule has 0 saturated carbocycles. The number of carbonyl (C=O) groups excluding carboxylic acids is 1. The molecule has 1 aliphatic rings. The molecular formula is C18H14F3NO4S. The largest absolute Gasteiger partial charge is 0.471 e. The monoisotopic (exact) mass is 397 g/mol. The second kappa shape index (κ2) is 7.07. The van der Waals surface area contributed by atoms with E-state index < -0.39 is 33.7 Å². The predicted molar refractivity (Wildman–Crippen MR) is 93.2 cm³/mol. The minimum Gasteiger partial charge on any atom is -0.457 e. The minimum absolute atomic E-state index is 0.0792. The first-order chi connectivity index (χ1) is 12.7. The number of carbonyl (C=O) groups is 1. The molecule has 2 aromatic carbocycles. The summed E-state index contributed by atoms with van der Waals surface area (Å²) in [6.07, 6.45) is -4.06. The Labute approximate surface area is 153 Å². The molecule has 5 nitrogen and oxygen atoms in total. The second-order valence-corrected chi connectivity index (χ2v) is 7.74. The Bertz CT molecular complexity index is 954. The molecule has 1 heterocycles. The molecule has 0 N–H and O–H groups in total. The Hall–Kier alpha value is -2.81. The Balaban J connectivity index is 1.88. The van der Waals surface area contributed by atoms with Crippen LogP contribution in [0.2, 0.25) is 0 Å². The SMILES string of the molecule is O=C(N(c1ccc(Oc2ccccc2)cc1)[C@H]1C=CS(=O)(=O)C1)C(F)(F)F. The lowest BCUT2D eigenvalue weighted by atomic mass is 10.2. The van der Waals surface area contributed by atoms with E-state index in [9.17, 15) is 26.4 Å². The van der Waals surface area contributed by atoms with Crippen molar-refractivity contribution in [2.75, 3.05) is 10.7 Å². The van der Waals surface area contributed by atoms with Crippen molar-refractivity contribution in [3.63, 3.8) is 0 Å². The molecule has 0 spiro atoms. The van der Waals surface area contributed by atoms with Crippen LogP contribution >= 0.6 is 0 Å². The van der Waals surface area contributed by atoms with Gasteiger partial charge >= 0.3 is 12.1 Å². The van der Waals surface area contributed by atoms with E-state index in [4.69, 9.17) is 4.74 Å². The fourth-order valence-electron chi connectivity index (χ4n) is 2.62. The van der Waals surface area contributed by atoms with Crippen LogP contribution in [0.1, 0.15) is 0 Å². The van der Waals surface area contributed by atoms with Gasteiger partial charge in [0, 0.05) is 11.1 Å². The molecular weight excluding hydrogens is 383 g/mol. The molecule has 9 heteroatoms. The van der Waals surface area contributed by atoms with Crippen LogP contribution in [-0.2, 0) is 14.6 Å². The van der Waals surface area contributed by atoms with E-state index in [2.05, 4.69) is 0 Å². The lowest BCUT2D eigenvalue weighted by Crippen LogP contribution is -2.47. The molecule has 0 fully saturated rings. The van der Waals surface area contributed by atoms with Gasteiger partial charge in [0.15, 0.2) is 9.84 Å². The molecule has 3 rings (SSSR count). The summed E-state index contributed by atoms with van der Waals surface area (Å²) in [5.74, 6) is -1.83. The lowest BCUT2D eigenvalue weighted by molar-refractivity contribution is -0.170. The molecule has 1 amide bonds. The van der Waals surface area contributed by atoms with Gasteiger partial charge in [-0.2, -0.15) is 13.2 Å². The van der Waals surface area contributed by atoms with Gasteiger partial charge in [-0.05, 0) is 42.5 Å². The van der Waals surface area contributed by atoms with Crippen molar-refractivity contribution < 1.29 is 31.1 Å². The number of halogens is 3. The highest BCUT2D eigenvalue weighted by Crippen LogP contribution is 2.31. The summed E-state index contributed by atoms with van der Waals surface area (Å²) in [6.45, 7) is 0. The normalized spacial score (nSPS) is 18.3. The van der Waals surface area contributed by atoms with Crippen LogP contribution in [0.25, 0.3) is 0 Å². The van der Waals surface area contributed by atoms with Gasteiger partial charge in [-0.15, -0.1) is 0 Å². The Morgan fingerprint density at radius 3 is 2.11 bits per heavy atom. The second-order valence-electron chi connectivity index (χ2n) is 5.81. The summed E-state index contributed by atoms with van der Waals surface area (Å²) >= 11 is 0. The fraction of sp³-hybridized carbons (Fsp3) is 0.167. The number of anilines is 1. The molecule has 0 unspecified atom stereocenters. The first kappa shape index (κ1) is 19.0. The quantitative estimate of drug-likeness (QED) is 0.790. The highest BCUT2D eigenvalue weighted by Gasteiger charge is 2.46. The van der Waals surface area contributed by atoms with Crippen LogP contribution in [0.5, 0.6) is 11.5 Å². The molecule has 142 valence electrons. The van der Waals surface area contributed by atoms with Crippen LogP contribution in [0.15, 0.2) is 66.1 Å². The van der Waals surface area contributed by atoms with Crippen LogP contribution < -0.4 is 9.64 Å². The summed E-state index contributed by atoms with van der Waals surface area (Å²) in [6, 6.07) is 12.9. The van der Waals surface area contributed by atoms with E-state index in [1.54, 1.807) is 30.3 Å². The average molecular weight is 397 g/mol. The number of hydrogen-bond donors (Lipinski definition) is 0. The van der Waals surface area contributed by atoms with Gasteiger partial charge in [0.05, 0.1) is 11.8 Å². The summed E-state index contributed by atoms with van der Waals surface area (Å²) in [5.41, 5.74) is -0.0792. The molecule has 27 heavy (non-hydrogen) atoms. The maximum atomic E-state index is 13.0. The number of para-hydroxylation sites is 1. The zero-order valence-corrected chi connectivity index (χ0v) is 14.6. The van der Waals surface area contributed by atoms with Crippen LogP contribution in [0.4, 0.5) is 18.9 Å². The molecule has 0 aromatic heterocycles. The highest BCUT2D eigenvalue weighted by molar-refractivity contribution is 7.94. The third-order valence-electron chi connectivity index (χ3n) is 3.80. The predicted octanol–water partition coefficient (Wildman–Crippen LogP) is 3.68. The first-order valence-electron chi connectivity index (χ1n) is 7.80. The zero-order valence-electron chi connectivity index (χ0n) is 13.8. The molecule has 1 aliphatic heterocycles. The molecule has 0 aliphatic carbocycles. The summed E-state index contributed by atoms with van der Waals surface area (Å²) in [5, 5.41) is 0.821. The van der Waals surface area contributed by atoms with E-state index in [1.165, 1.54) is 24.3 Å². The highest BCUT2D eigenvalue weighted by atomic mass is 32.2. The average Bonchev–Trinajstić information content (AvgIpc) is 2.96. The van der Waals surface area contributed by atoms with E-state index in [0.717, 1.165) is 11.5 Å². The lowest BCUT2D eigenvalue weighted by Gasteiger charge is -2.28. The van der Waals surface area contributed by atoms with E-state index >= 15 is 0 Å². The smallest absolute Gasteiger partial charge is 0.457 e. The van der Waals surface area contributed by atoms with Crippen LogP contribution in [-0.4, -0.2) is 32.3 Å². The summed E-state index contributed by atoms with van der Waals surface area (Å²) < 4.78 is 67.7. The Kier molecular flexibility index (Phi) is 4.97. The standard InChI is InChI=1S/C18H14F3NO4S/c19-18(20,21)17(23)22(14-10-11-27(24,25)12-14)13-6-8-16(9-7-13)26-15-4-2-1-3-5-15/h1-11,14H,12H2/t14-/m0/s1. The number of alkyl halides is 3. The van der Waals surface area contributed by atoms with Gasteiger partial charge in [-0.25, -0.2) is 8.42 Å². The van der Waals surface area contributed by atoms with Crippen LogP contribution in [0, 0.1) is 0 Å². The number of nitrogens with zero attached hydrogens (tertiary/aromatic N) is 1. The minimum atomic E-state index is -5.14. The van der Waals surface area contributed by atoms with E-state index in [0.29, 0.717) is 16.4 Å². The van der Waals surface area contributed by atoms with Crippen LogP contribution in [0.3, 0.4) is 0 Å². The summed E-state index contributed by atoms with van der Waals surface area (Å²) in [7, 11) is -3.64. The molecule has 0 bridgehead atoms. The van der Waals surface area contributed by atoms with Crippen molar-refractivity contribution in [1.82, 2.24) is 0 Å². The van der Waals surface area contributed by atoms with Gasteiger partial charge in [-0.1, -0.05) is 18.2 Å². The molecule has 2 aromatic rings. The van der Waals surface area contributed by atoms with E-state index in [1.807, 2.05) is 0 Å². The maximum Gasteiger partial charge on any atom is 0.471 e. The van der Waals surface area contributed by atoms with Crippen molar-refractivity contribution in [2.45, 2.75) is 12.2 Å². The maximum absolute atomic E-state index is 13.0. The van der Waals surface area contributed by atoms with Gasteiger partial charge < -0.3 is 4.74 Å². The fourth-order valence-corrected chi connectivity index (χ4v) is 3.88. The summed E-state index contributed by atoms with van der Waals surface area (Å²) in [4.78, 5) is 12.3. The van der Waals surface area contributed by atoms with Crippen molar-refractivity contribution in [3.05, 3.63) is 66.1 Å². The molecule has 0 radical (unpaired) electrons. The number of hydrogen-bond acceptors (Lipinski definition) is 4. The topological polar surface area (TPSA) is 63.7 Å². The van der Waals surface area contributed by atoms with E-state index in [-0.39, 0.29) is 5.69 Å². The van der Waals surface area contributed by atoms with Gasteiger partial charge in [0.1, 0.15) is 11.5 Å². The van der Waals surface area contributed by atoms with Crippen molar-refractivity contribution in [1.29, 1.82) is 0 Å². The third-order valence-corrected chi connectivity index (χ3v) is 5.18. The Morgan fingerprint density at radius 1 is 1.00 bits per heavy atom. The zero-order chi connectivity index (χ0) is 19.7. The number of sulfone groups is 1. The van der Waals surface area contributed by atoms with Gasteiger partial charge in [0.25, 0.3) is 0 Å². The number of ether oxygens (including phenoxy) is 1. The molecule has 1 atom stereocenters. The third kappa shape index (κ3) is 4.48.